The van der Waals surface area contributed by atoms with Crippen LogP contribution in [0.3, 0.4) is 0 Å². The summed E-state index contributed by atoms with van der Waals surface area (Å²) >= 11 is 12.4. The molecule has 33 heavy (non-hydrogen) atoms. The van der Waals surface area contributed by atoms with Crippen LogP contribution in [0, 0.1) is 5.82 Å². The molecular weight excluding hydrogens is 470 g/mol. The highest BCUT2D eigenvalue weighted by Crippen LogP contribution is 2.35. The third-order valence-electron chi connectivity index (χ3n) is 5.77. The molecule has 6 nitrogen and oxygen atoms in total. The number of nitrogens with zero attached hydrogens (tertiary/aromatic N) is 1. The van der Waals surface area contributed by atoms with Gasteiger partial charge in [0, 0.05) is 23.5 Å². The maximum atomic E-state index is 14.9. The first-order chi connectivity index (χ1) is 15.6. The van der Waals surface area contributed by atoms with Crippen LogP contribution in [0.1, 0.15) is 48.3 Å². The summed E-state index contributed by atoms with van der Waals surface area (Å²) in [6.45, 7) is 5.68. The SMILES string of the molecule is CC.CC(C(=O)O)c1ccc(C2(NC(=O)c3cc4c(Cl)c(Cl)ccc4n3C)COC2)c(F)c1. The van der Waals surface area contributed by atoms with Crippen molar-refractivity contribution >= 4 is 46.0 Å². The van der Waals surface area contributed by atoms with Crippen molar-refractivity contribution in [2.24, 2.45) is 7.05 Å². The van der Waals surface area contributed by atoms with Gasteiger partial charge in [-0.05, 0) is 36.8 Å². The topological polar surface area (TPSA) is 80.6 Å². The average Bonchev–Trinajstić information content (AvgIpc) is 3.11. The zero-order valence-electron chi connectivity index (χ0n) is 18.7. The lowest BCUT2D eigenvalue weighted by molar-refractivity contribution is -0.138. The molecule has 1 unspecified atom stereocenters. The number of carboxylic acid groups (broad SMARTS) is 1. The molecule has 1 aromatic heterocycles. The van der Waals surface area contributed by atoms with Crippen molar-refractivity contribution in [3.8, 4) is 0 Å². The molecular formula is C24H25Cl2FN2O4. The number of benzene rings is 2. The third-order valence-corrected chi connectivity index (χ3v) is 6.59. The summed E-state index contributed by atoms with van der Waals surface area (Å²) < 4.78 is 21.9. The van der Waals surface area contributed by atoms with E-state index in [1.165, 1.54) is 19.1 Å². The van der Waals surface area contributed by atoms with Crippen molar-refractivity contribution in [3.05, 3.63) is 69.1 Å². The minimum absolute atomic E-state index is 0.0972. The molecule has 2 N–H and O–H groups in total. The number of rotatable bonds is 5. The van der Waals surface area contributed by atoms with Gasteiger partial charge < -0.3 is 19.7 Å². The number of fused-ring (bicyclic) bond motifs is 1. The number of hydrogen-bond acceptors (Lipinski definition) is 3. The first-order valence-corrected chi connectivity index (χ1v) is 11.3. The quantitative estimate of drug-likeness (QED) is 0.491. The van der Waals surface area contributed by atoms with E-state index in [1.54, 1.807) is 35.9 Å². The lowest BCUT2D eigenvalue weighted by Crippen LogP contribution is -2.60. The zero-order chi connectivity index (χ0) is 24.5. The number of nitrogens with one attached hydrogen (secondary N) is 1. The summed E-state index contributed by atoms with van der Waals surface area (Å²) in [7, 11) is 1.73. The fraction of sp³-hybridized carbons (Fsp3) is 0.333. The summed E-state index contributed by atoms with van der Waals surface area (Å²) in [5, 5.41) is 13.4. The third kappa shape index (κ3) is 4.45. The fourth-order valence-corrected chi connectivity index (χ4v) is 4.16. The number of ether oxygens (including phenoxy) is 1. The number of aryl methyl sites for hydroxylation is 1. The number of aromatic nitrogens is 1. The van der Waals surface area contributed by atoms with E-state index < -0.39 is 29.2 Å². The van der Waals surface area contributed by atoms with Crippen molar-refractivity contribution < 1.29 is 23.8 Å². The molecule has 1 fully saturated rings. The highest BCUT2D eigenvalue weighted by atomic mass is 35.5. The minimum Gasteiger partial charge on any atom is -0.481 e. The first kappa shape index (κ1) is 25.0. The second-order valence-corrected chi connectivity index (χ2v) is 8.50. The van der Waals surface area contributed by atoms with Gasteiger partial charge in [-0.2, -0.15) is 0 Å². The molecule has 2 heterocycles. The lowest BCUT2D eigenvalue weighted by Gasteiger charge is -2.42. The molecule has 1 atom stereocenters. The summed E-state index contributed by atoms with van der Waals surface area (Å²) in [4.78, 5) is 24.3. The molecule has 9 heteroatoms. The number of halogens is 3. The van der Waals surface area contributed by atoms with E-state index in [-0.39, 0.29) is 18.8 Å². The van der Waals surface area contributed by atoms with E-state index in [9.17, 15) is 14.0 Å². The van der Waals surface area contributed by atoms with Gasteiger partial charge in [-0.3, -0.25) is 9.59 Å². The van der Waals surface area contributed by atoms with Gasteiger partial charge in [0.2, 0.25) is 0 Å². The Morgan fingerprint density at radius 2 is 1.85 bits per heavy atom. The molecule has 0 bridgehead atoms. The van der Waals surface area contributed by atoms with Crippen LogP contribution in [0.25, 0.3) is 10.9 Å². The number of carbonyl (C=O) groups excluding carboxylic acids is 1. The van der Waals surface area contributed by atoms with Crippen LogP contribution in [0.4, 0.5) is 4.39 Å². The van der Waals surface area contributed by atoms with E-state index in [2.05, 4.69) is 5.32 Å². The van der Waals surface area contributed by atoms with Gasteiger partial charge in [-0.15, -0.1) is 0 Å². The van der Waals surface area contributed by atoms with E-state index >= 15 is 0 Å². The molecule has 1 saturated heterocycles. The number of carboxylic acids is 1. The van der Waals surface area contributed by atoms with Crippen molar-refractivity contribution in [3.63, 3.8) is 0 Å². The maximum Gasteiger partial charge on any atom is 0.310 e. The molecule has 1 amide bonds. The molecule has 4 rings (SSSR count). The predicted molar refractivity (Wildman–Crippen MR) is 127 cm³/mol. The van der Waals surface area contributed by atoms with Gasteiger partial charge in [0.25, 0.3) is 5.91 Å². The van der Waals surface area contributed by atoms with E-state index in [0.717, 1.165) is 5.52 Å². The smallest absolute Gasteiger partial charge is 0.310 e. The Kier molecular flexibility index (Phi) is 7.36. The zero-order valence-corrected chi connectivity index (χ0v) is 20.2. The molecule has 1 aliphatic rings. The van der Waals surface area contributed by atoms with Crippen LogP contribution in [-0.4, -0.2) is 34.8 Å². The first-order valence-electron chi connectivity index (χ1n) is 10.5. The summed E-state index contributed by atoms with van der Waals surface area (Å²) in [6.07, 6.45) is 0. The van der Waals surface area contributed by atoms with Gasteiger partial charge in [0.1, 0.15) is 17.1 Å². The monoisotopic (exact) mass is 494 g/mol. The summed E-state index contributed by atoms with van der Waals surface area (Å²) in [5.74, 6) is -2.91. The van der Waals surface area contributed by atoms with Crippen molar-refractivity contribution in [2.75, 3.05) is 13.2 Å². The molecule has 3 aromatic rings. The number of hydrogen-bond donors (Lipinski definition) is 2. The van der Waals surface area contributed by atoms with Crippen molar-refractivity contribution in [1.29, 1.82) is 0 Å². The van der Waals surface area contributed by atoms with Crippen LogP contribution >= 0.6 is 23.2 Å². The van der Waals surface area contributed by atoms with Gasteiger partial charge in [-0.25, -0.2) is 4.39 Å². The molecule has 0 saturated carbocycles. The van der Waals surface area contributed by atoms with E-state index in [1.807, 2.05) is 13.8 Å². The molecule has 0 radical (unpaired) electrons. The Labute approximate surface area is 201 Å². The summed E-state index contributed by atoms with van der Waals surface area (Å²) in [5.41, 5.74) is 0.604. The second-order valence-electron chi connectivity index (χ2n) is 7.71. The molecule has 2 aromatic carbocycles. The number of carbonyl (C=O) groups is 2. The maximum absolute atomic E-state index is 14.9. The minimum atomic E-state index is -1.05. The second kappa shape index (κ2) is 9.71. The van der Waals surface area contributed by atoms with Gasteiger partial charge in [0.05, 0.1) is 29.2 Å². The van der Waals surface area contributed by atoms with Crippen LogP contribution in [0.15, 0.2) is 36.4 Å². The summed E-state index contributed by atoms with van der Waals surface area (Å²) in [6, 6.07) is 9.32. The molecule has 0 aliphatic carbocycles. The average molecular weight is 495 g/mol. The molecule has 1 aliphatic heterocycles. The van der Waals surface area contributed by atoms with Crippen LogP contribution in [-0.2, 0) is 22.1 Å². The Morgan fingerprint density at radius 3 is 2.39 bits per heavy atom. The largest absolute Gasteiger partial charge is 0.481 e. The van der Waals surface area contributed by atoms with Crippen LogP contribution in [0.5, 0.6) is 0 Å². The highest BCUT2D eigenvalue weighted by molar-refractivity contribution is 6.45. The normalized spacial score (nSPS) is 15.2. The van der Waals surface area contributed by atoms with Gasteiger partial charge >= 0.3 is 5.97 Å². The van der Waals surface area contributed by atoms with Crippen molar-refractivity contribution in [2.45, 2.75) is 32.2 Å². The Bertz CT molecular complexity index is 1220. The van der Waals surface area contributed by atoms with Gasteiger partial charge in [-0.1, -0.05) is 49.2 Å². The van der Waals surface area contributed by atoms with Gasteiger partial charge in [0.15, 0.2) is 0 Å². The van der Waals surface area contributed by atoms with E-state index in [4.69, 9.17) is 33.0 Å². The van der Waals surface area contributed by atoms with Crippen LogP contribution in [0.2, 0.25) is 10.0 Å². The predicted octanol–water partition coefficient (Wildman–Crippen LogP) is 5.49. The molecule has 0 spiro atoms. The number of aliphatic carboxylic acids is 1. The molecule has 176 valence electrons. The van der Waals surface area contributed by atoms with Crippen molar-refractivity contribution in [1.82, 2.24) is 9.88 Å². The highest BCUT2D eigenvalue weighted by Gasteiger charge is 2.44. The van der Waals surface area contributed by atoms with E-state index in [0.29, 0.717) is 26.7 Å². The Morgan fingerprint density at radius 1 is 1.18 bits per heavy atom. The lowest BCUT2D eigenvalue weighted by atomic mass is 9.85. The van der Waals surface area contributed by atoms with Crippen LogP contribution < -0.4 is 5.32 Å². The standard InChI is InChI=1S/C22H19Cl2FN2O4.C2H6/c1-11(21(29)30)12-3-4-14(16(25)7-12)22(9-31-10-22)26-20(28)18-8-13-17(27(18)2)6-5-15(23)19(13)24;1-2/h3-8,11H,9-10H2,1-2H3,(H,26,28)(H,29,30);1-2H3. The number of amides is 1. The Balaban J connectivity index is 0.00000149. The Hall–Kier alpha value is -2.61. The fourth-order valence-electron chi connectivity index (χ4n) is 3.78.